The van der Waals surface area contributed by atoms with Gasteiger partial charge in [0, 0.05) is 18.0 Å². The van der Waals surface area contributed by atoms with E-state index in [4.69, 9.17) is 10.5 Å². The van der Waals surface area contributed by atoms with Crippen molar-refractivity contribution in [3.63, 3.8) is 0 Å². The van der Waals surface area contributed by atoms with Gasteiger partial charge in [-0.15, -0.1) is 0 Å². The molecule has 0 N–H and O–H groups in total. The molecule has 0 atom stereocenters. The van der Waals surface area contributed by atoms with Gasteiger partial charge in [0.1, 0.15) is 17.7 Å². The molecule has 0 aliphatic rings. The summed E-state index contributed by atoms with van der Waals surface area (Å²) in [6, 6.07) is 16.9. The molecule has 18 heavy (non-hydrogen) atoms. The highest BCUT2D eigenvalue weighted by molar-refractivity contribution is 5.86. The Kier molecular flexibility index (Phi) is 3.49. The number of benzene rings is 1. The molecule has 0 saturated carbocycles. The number of hydrogen-bond donors (Lipinski definition) is 0. The second-order valence-electron chi connectivity index (χ2n) is 3.58. The summed E-state index contributed by atoms with van der Waals surface area (Å²) >= 11 is 0. The lowest BCUT2D eigenvalue weighted by molar-refractivity contribution is 1.31. The maximum Gasteiger partial charge on any atom is 0.138 e. The summed E-state index contributed by atoms with van der Waals surface area (Å²) in [6.07, 6.45) is 3.29. The van der Waals surface area contributed by atoms with Crippen molar-refractivity contribution in [1.82, 2.24) is 4.98 Å². The zero-order valence-corrected chi connectivity index (χ0v) is 9.54. The molecule has 2 aromatic rings. The van der Waals surface area contributed by atoms with Gasteiger partial charge in [-0.3, -0.25) is 4.98 Å². The molecule has 0 saturated heterocycles. The van der Waals surface area contributed by atoms with Crippen LogP contribution in [0.25, 0.3) is 5.57 Å². The van der Waals surface area contributed by atoms with E-state index in [0.29, 0.717) is 5.57 Å². The summed E-state index contributed by atoms with van der Waals surface area (Å²) in [6.45, 7) is 0. The third-order valence-corrected chi connectivity index (χ3v) is 2.51. The molecule has 0 aliphatic heterocycles. The van der Waals surface area contributed by atoms with Gasteiger partial charge in [0.25, 0.3) is 0 Å². The van der Waals surface area contributed by atoms with Crippen molar-refractivity contribution in [1.29, 1.82) is 10.5 Å². The molecule has 2 rings (SSSR count). The van der Waals surface area contributed by atoms with Gasteiger partial charge in [-0.05, 0) is 23.3 Å². The fourth-order valence-electron chi connectivity index (χ4n) is 1.72. The number of allylic oxidation sites excluding steroid dienone is 1. The van der Waals surface area contributed by atoms with E-state index in [9.17, 15) is 0 Å². The first-order chi connectivity index (χ1) is 8.86. The van der Waals surface area contributed by atoms with Crippen LogP contribution in [0.3, 0.4) is 0 Å². The van der Waals surface area contributed by atoms with Crippen LogP contribution in [0, 0.1) is 22.7 Å². The van der Waals surface area contributed by atoms with Crippen molar-refractivity contribution in [3.05, 3.63) is 71.6 Å². The molecule has 0 bridgehead atoms. The fourth-order valence-corrected chi connectivity index (χ4v) is 1.72. The van der Waals surface area contributed by atoms with Gasteiger partial charge < -0.3 is 0 Å². The monoisotopic (exact) mass is 231 g/mol. The van der Waals surface area contributed by atoms with E-state index < -0.39 is 0 Å². The molecule has 0 radical (unpaired) electrons. The number of nitrogens with zero attached hydrogens (tertiary/aromatic N) is 3. The van der Waals surface area contributed by atoms with Crippen LogP contribution >= 0.6 is 0 Å². The van der Waals surface area contributed by atoms with Gasteiger partial charge in [0.2, 0.25) is 0 Å². The third-order valence-electron chi connectivity index (χ3n) is 2.51. The Morgan fingerprint density at radius 3 is 1.94 bits per heavy atom. The van der Waals surface area contributed by atoms with Crippen molar-refractivity contribution >= 4 is 5.57 Å². The van der Waals surface area contributed by atoms with Crippen molar-refractivity contribution in [2.75, 3.05) is 0 Å². The van der Waals surface area contributed by atoms with Gasteiger partial charge in [0.15, 0.2) is 0 Å². The molecule has 1 heterocycles. The Labute approximate surface area is 105 Å². The SMILES string of the molecule is N#CC(C#N)=C(c1ccccc1)c1ccncc1. The lowest BCUT2D eigenvalue weighted by Gasteiger charge is -2.07. The first-order valence-electron chi connectivity index (χ1n) is 5.37. The van der Waals surface area contributed by atoms with Crippen molar-refractivity contribution < 1.29 is 0 Å². The van der Waals surface area contributed by atoms with Gasteiger partial charge in [-0.2, -0.15) is 10.5 Å². The van der Waals surface area contributed by atoms with E-state index >= 15 is 0 Å². The normalized spacial score (nSPS) is 9.00. The number of pyridine rings is 1. The minimum atomic E-state index is 0.104. The van der Waals surface area contributed by atoms with Crippen LogP contribution in [0.15, 0.2) is 60.4 Å². The Morgan fingerprint density at radius 2 is 1.39 bits per heavy atom. The van der Waals surface area contributed by atoms with E-state index in [1.54, 1.807) is 24.5 Å². The zero-order valence-electron chi connectivity index (χ0n) is 9.54. The smallest absolute Gasteiger partial charge is 0.138 e. The van der Waals surface area contributed by atoms with Crippen LogP contribution in [0.2, 0.25) is 0 Å². The standard InChI is InChI=1S/C15H9N3/c16-10-14(11-17)15(12-4-2-1-3-5-12)13-6-8-18-9-7-13/h1-9H. The lowest BCUT2D eigenvalue weighted by atomic mass is 9.95. The summed E-state index contributed by atoms with van der Waals surface area (Å²) < 4.78 is 0. The minimum absolute atomic E-state index is 0.104. The highest BCUT2D eigenvalue weighted by Gasteiger charge is 2.11. The molecule has 0 aliphatic carbocycles. The largest absolute Gasteiger partial charge is 0.265 e. The van der Waals surface area contributed by atoms with Crippen LogP contribution in [-0.4, -0.2) is 4.98 Å². The third kappa shape index (κ3) is 2.26. The van der Waals surface area contributed by atoms with Gasteiger partial charge in [-0.1, -0.05) is 30.3 Å². The first kappa shape index (κ1) is 11.6. The van der Waals surface area contributed by atoms with E-state index in [2.05, 4.69) is 4.98 Å². The zero-order chi connectivity index (χ0) is 12.8. The second-order valence-corrected chi connectivity index (χ2v) is 3.58. The quantitative estimate of drug-likeness (QED) is 0.746. The summed E-state index contributed by atoms with van der Waals surface area (Å²) in [7, 11) is 0. The van der Waals surface area contributed by atoms with Crippen LogP contribution < -0.4 is 0 Å². The Hall–Kier alpha value is -2.91. The van der Waals surface area contributed by atoms with Crippen molar-refractivity contribution in [3.8, 4) is 12.1 Å². The summed E-state index contributed by atoms with van der Waals surface area (Å²) in [5, 5.41) is 18.1. The fraction of sp³-hybridized carbons (Fsp3) is 0. The Balaban J connectivity index is 2.69. The van der Waals surface area contributed by atoms with E-state index in [0.717, 1.165) is 11.1 Å². The molecule has 0 amide bonds. The Morgan fingerprint density at radius 1 is 0.833 bits per heavy atom. The minimum Gasteiger partial charge on any atom is -0.265 e. The maximum absolute atomic E-state index is 9.07. The molecule has 1 aromatic carbocycles. The molecule has 84 valence electrons. The number of nitriles is 2. The topological polar surface area (TPSA) is 60.5 Å². The lowest BCUT2D eigenvalue weighted by Crippen LogP contribution is -1.92. The van der Waals surface area contributed by atoms with E-state index in [1.807, 2.05) is 42.5 Å². The molecule has 0 fully saturated rings. The Bertz CT molecular complexity index is 586. The van der Waals surface area contributed by atoms with Gasteiger partial charge in [0.05, 0.1) is 0 Å². The van der Waals surface area contributed by atoms with Gasteiger partial charge in [-0.25, -0.2) is 0 Å². The average molecular weight is 231 g/mol. The first-order valence-corrected chi connectivity index (χ1v) is 5.37. The predicted octanol–water partition coefficient (Wildman–Crippen LogP) is 2.93. The van der Waals surface area contributed by atoms with Crippen LogP contribution in [0.1, 0.15) is 11.1 Å². The number of hydrogen-bond acceptors (Lipinski definition) is 3. The predicted molar refractivity (Wildman–Crippen MR) is 67.9 cm³/mol. The molecular formula is C15H9N3. The second kappa shape index (κ2) is 5.43. The van der Waals surface area contributed by atoms with Crippen LogP contribution in [0.4, 0.5) is 0 Å². The number of aromatic nitrogens is 1. The molecule has 0 unspecified atom stereocenters. The molecule has 1 aromatic heterocycles. The summed E-state index contributed by atoms with van der Waals surface area (Å²) in [5.41, 5.74) is 2.41. The van der Waals surface area contributed by atoms with Crippen LogP contribution in [0.5, 0.6) is 0 Å². The summed E-state index contributed by atoms with van der Waals surface area (Å²) in [5.74, 6) is 0. The molecule has 0 spiro atoms. The molecule has 3 nitrogen and oxygen atoms in total. The van der Waals surface area contributed by atoms with Gasteiger partial charge >= 0.3 is 0 Å². The van der Waals surface area contributed by atoms with E-state index in [1.165, 1.54) is 0 Å². The highest BCUT2D eigenvalue weighted by atomic mass is 14.6. The maximum atomic E-state index is 9.07. The molecule has 3 heteroatoms. The van der Waals surface area contributed by atoms with E-state index in [-0.39, 0.29) is 5.57 Å². The highest BCUT2D eigenvalue weighted by Crippen LogP contribution is 2.25. The van der Waals surface area contributed by atoms with Crippen LogP contribution in [-0.2, 0) is 0 Å². The molecular weight excluding hydrogens is 222 g/mol. The number of rotatable bonds is 2. The van der Waals surface area contributed by atoms with Crippen molar-refractivity contribution in [2.24, 2.45) is 0 Å². The average Bonchev–Trinajstić information content (AvgIpc) is 2.46. The summed E-state index contributed by atoms with van der Waals surface area (Å²) in [4.78, 5) is 3.94. The van der Waals surface area contributed by atoms with Crippen molar-refractivity contribution in [2.45, 2.75) is 0 Å².